The van der Waals surface area contributed by atoms with Gasteiger partial charge in [0.15, 0.2) is 0 Å². The quantitative estimate of drug-likeness (QED) is 0.634. The SMILES string of the molecule is CCC1CNCCC12CNC(C=O)C2. The number of hydrogen-bond donors (Lipinski definition) is 2. The molecule has 80 valence electrons. The fourth-order valence-electron chi connectivity index (χ4n) is 3.13. The van der Waals surface area contributed by atoms with E-state index in [0.717, 1.165) is 38.3 Å². The predicted octanol–water partition coefficient (Wildman–Crippen LogP) is 0.553. The van der Waals surface area contributed by atoms with Crippen LogP contribution in [0.3, 0.4) is 0 Å². The first kappa shape index (κ1) is 10.1. The van der Waals surface area contributed by atoms with E-state index in [1.165, 1.54) is 12.8 Å². The van der Waals surface area contributed by atoms with Crippen molar-refractivity contribution in [1.82, 2.24) is 10.6 Å². The third kappa shape index (κ3) is 1.59. The number of aldehydes is 1. The third-order valence-electron chi connectivity index (χ3n) is 4.06. The van der Waals surface area contributed by atoms with Crippen LogP contribution in [0, 0.1) is 11.3 Å². The zero-order valence-corrected chi connectivity index (χ0v) is 8.88. The van der Waals surface area contributed by atoms with E-state index >= 15 is 0 Å². The summed E-state index contributed by atoms with van der Waals surface area (Å²) in [6, 6.07) is 0.113. The third-order valence-corrected chi connectivity index (χ3v) is 4.06. The molecule has 14 heavy (non-hydrogen) atoms. The summed E-state index contributed by atoms with van der Waals surface area (Å²) in [5, 5.41) is 6.79. The molecule has 2 rings (SSSR count). The molecule has 0 aliphatic carbocycles. The van der Waals surface area contributed by atoms with Crippen molar-refractivity contribution >= 4 is 6.29 Å². The highest BCUT2D eigenvalue weighted by Crippen LogP contribution is 2.42. The number of hydrogen-bond acceptors (Lipinski definition) is 3. The lowest BCUT2D eigenvalue weighted by Gasteiger charge is -2.41. The summed E-state index contributed by atoms with van der Waals surface area (Å²) in [7, 11) is 0. The molecule has 2 fully saturated rings. The molecule has 0 bridgehead atoms. The van der Waals surface area contributed by atoms with E-state index in [1.807, 2.05) is 0 Å². The van der Waals surface area contributed by atoms with Crippen LogP contribution in [0.1, 0.15) is 26.2 Å². The number of carbonyl (C=O) groups is 1. The van der Waals surface area contributed by atoms with Gasteiger partial charge < -0.3 is 15.4 Å². The maximum atomic E-state index is 10.7. The Morgan fingerprint density at radius 2 is 2.43 bits per heavy atom. The van der Waals surface area contributed by atoms with E-state index in [2.05, 4.69) is 17.6 Å². The average molecular weight is 196 g/mol. The molecule has 3 atom stereocenters. The van der Waals surface area contributed by atoms with Gasteiger partial charge in [-0.05, 0) is 37.3 Å². The van der Waals surface area contributed by atoms with Gasteiger partial charge in [-0.1, -0.05) is 13.3 Å². The first-order valence-electron chi connectivity index (χ1n) is 5.70. The first-order chi connectivity index (χ1) is 6.80. The number of piperidine rings is 1. The van der Waals surface area contributed by atoms with Gasteiger partial charge in [-0.3, -0.25) is 0 Å². The summed E-state index contributed by atoms with van der Waals surface area (Å²) in [6.45, 7) is 5.54. The van der Waals surface area contributed by atoms with E-state index in [-0.39, 0.29) is 6.04 Å². The fraction of sp³-hybridized carbons (Fsp3) is 0.909. The molecule has 0 radical (unpaired) electrons. The lowest BCUT2D eigenvalue weighted by atomic mass is 9.68. The Balaban J connectivity index is 2.08. The van der Waals surface area contributed by atoms with Crippen molar-refractivity contribution in [3.05, 3.63) is 0 Å². The summed E-state index contributed by atoms with van der Waals surface area (Å²) < 4.78 is 0. The fourth-order valence-corrected chi connectivity index (χ4v) is 3.13. The highest BCUT2D eigenvalue weighted by Gasteiger charge is 2.45. The van der Waals surface area contributed by atoms with Crippen molar-refractivity contribution in [2.45, 2.75) is 32.2 Å². The summed E-state index contributed by atoms with van der Waals surface area (Å²) in [6.07, 6.45) is 4.57. The van der Waals surface area contributed by atoms with Gasteiger partial charge in [0, 0.05) is 6.54 Å². The van der Waals surface area contributed by atoms with Crippen LogP contribution in [0.15, 0.2) is 0 Å². The van der Waals surface area contributed by atoms with Gasteiger partial charge in [-0.25, -0.2) is 0 Å². The zero-order chi connectivity index (χ0) is 10.0. The van der Waals surface area contributed by atoms with Gasteiger partial charge in [0.2, 0.25) is 0 Å². The van der Waals surface area contributed by atoms with Crippen molar-refractivity contribution < 1.29 is 4.79 Å². The molecule has 2 N–H and O–H groups in total. The molecule has 2 aliphatic rings. The van der Waals surface area contributed by atoms with E-state index in [1.54, 1.807) is 0 Å². The maximum Gasteiger partial charge on any atom is 0.136 e. The molecule has 0 amide bonds. The molecule has 3 heteroatoms. The van der Waals surface area contributed by atoms with Crippen molar-refractivity contribution in [2.24, 2.45) is 11.3 Å². The minimum atomic E-state index is 0.113. The normalized spacial score (nSPS) is 42.9. The van der Waals surface area contributed by atoms with E-state index < -0.39 is 0 Å². The largest absolute Gasteiger partial charge is 0.316 e. The summed E-state index contributed by atoms with van der Waals surface area (Å²) in [5.41, 5.74) is 0.408. The monoisotopic (exact) mass is 196 g/mol. The maximum absolute atomic E-state index is 10.7. The Morgan fingerprint density at radius 3 is 3.07 bits per heavy atom. The second-order valence-corrected chi connectivity index (χ2v) is 4.75. The van der Waals surface area contributed by atoms with E-state index in [4.69, 9.17) is 0 Å². The summed E-state index contributed by atoms with van der Waals surface area (Å²) in [5.74, 6) is 0.744. The number of carbonyl (C=O) groups excluding carboxylic acids is 1. The molecular formula is C11H20N2O. The second-order valence-electron chi connectivity index (χ2n) is 4.75. The summed E-state index contributed by atoms with van der Waals surface area (Å²) in [4.78, 5) is 10.7. The van der Waals surface area contributed by atoms with Crippen LogP contribution in [0.25, 0.3) is 0 Å². The van der Waals surface area contributed by atoms with E-state index in [9.17, 15) is 4.79 Å². The van der Waals surface area contributed by atoms with Crippen LogP contribution in [0.2, 0.25) is 0 Å². The van der Waals surface area contributed by atoms with Crippen LogP contribution >= 0.6 is 0 Å². The van der Waals surface area contributed by atoms with Crippen LogP contribution in [0.4, 0.5) is 0 Å². The second kappa shape index (κ2) is 3.99. The number of nitrogens with one attached hydrogen (secondary N) is 2. The van der Waals surface area contributed by atoms with Crippen LogP contribution < -0.4 is 10.6 Å². The number of rotatable bonds is 2. The minimum absolute atomic E-state index is 0.113. The Bertz CT molecular complexity index is 219. The molecular weight excluding hydrogens is 176 g/mol. The van der Waals surface area contributed by atoms with Crippen molar-refractivity contribution in [3.63, 3.8) is 0 Å². The molecule has 0 saturated carbocycles. The Hall–Kier alpha value is -0.410. The molecule has 0 aromatic rings. The van der Waals surface area contributed by atoms with Gasteiger partial charge in [-0.2, -0.15) is 0 Å². The topological polar surface area (TPSA) is 41.1 Å². The lowest BCUT2D eigenvalue weighted by molar-refractivity contribution is -0.109. The first-order valence-corrected chi connectivity index (χ1v) is 5.70. The average Bonchev–Trinajstić information content (AvgIpc) is 2.63. The minimum Gasteiger partial charge on any atom is -0.316 e. The van der Waals surface area contributed by atoms with Crippen molar-refractivity contribution in [2.75, 3.05) is 19.6 Å². The van der Waals surface area contributed by atoms with E-state index in [0.29, 0.717) is 5.41 Å². The molecule has 3 unspecified atom stereocenters. The van der Waals surface area contributed by atoms with Crippen LogP contribution in [0.5, 0.6) is 0 Å². The molecule has 2 heterocycles. The Morgan fingerprint density at radius 1 is 1.57 bits per heavy atom. The van der Waals surface area contributed by atoms with Gasteiger partial charge in [0.25, 0.3) is 0 Å². The molecule has 1 spiro atoms. The highest BCUT2D eigenvalue weighted by molar-refractivity contribution is 5.58. The smallest absolute Gasteiger partial charge is 0.136 e. The summed E-state index contributed by atoms with van der Waals surface area (Å²) >= 11 is 0. The Labute approximate surface area is 85.6 Å². The van der Waals surface area contributed by atoms with Gasteiger partial charge in [-0.15, -0.1) is 0 Å². The predicted molar refractivity (Wildman–Crippen MR) is 56.2 cm³/mol. The Kier molecular flexibility index (Phi) is 2.88. The molecule has 2 aliphatic heterocycles. The highest BCUT2D eigenvalue weighted by atomic mass is 16.1. The van der Waals surface area contributed by atoms with Gasteiger partial charge in [0.1, 0.15) is 6.29 Å². The molecule has 2 saturated heterocycles. The standard InChI is InChI=1S/C11H20N2O/c1-2-9-6-12-4-3-11(9)5-10(7-14)13-8-11/h7,9-10,12-13H,2-6,8H2,1H3. The van der Waals surface area contributed by atoms with Crippen molar-refractivity contribution in [3.8, 4) is 0 Å². The van der Waals surface area contributed by atoms with Crippen molar-refractivity contribution in [1.29, 1.82) is 0 Å². The molecule has 3 nitrogen and oxygen atoms in total. The molecule has 0 aromatic carbocycles. The molecule has 0 aromatic heterocycles. The van der Waals surface area contributed by atoms with Crippen LogP contribution in [-0.2, 0) is 4.79 Å². The van der Waals surface area contributed by atoms with Gasteiger partial charge in [0.05, 0.1) is 6.04 Å². The zero-order valence-electron chi connectivity index (χ0n) is 8.88. The lowest BCUT2D eigenvalue weighted by Crippen LogP contribution is -2.46. The van der Waals surface area contributed by atoms with Gasteiger partial charge >= 0.3 is 0 Å². The van der Waals surface area contributed by atoms with Crippen LogP contribution in [-0.4, -0.2) is 32.0 Å².